The second-order valence-corrected chi connectivity index (χ2v) is 8.65. The van der Waals surface area contributed by atoms with E-state index < -0.39 is 6.10 Å². The van der Waals surface area contributed by atoms with E-state index in [1.54, 1.807) is 0 Å². The predicted molar refractivity (Wildman–Crippen MR) is 137 cm³/mol. The molecule has 4 aromatic rings. The predicted octanol–water partition coefficient (Wildman–Crippen LogP) is 6.21. The fraction of sp³-hybridized carbons (Fsp3) is 0.276. The molecule has 0 fully saturated rings. The second kappa shape index (κ2) is 11.1. The van der Waals surface area contributed by atoms with Gasteiger partial charge in [-0.2, -0.15) is 5.10 Å². The molecule has 5 nitrogen and oxygen atoms in total. The number of para-hydroxylation sites is 1. The maximum atomic E-state index is 11.0. The number of aliphatic hydroxyl groups is 1. The summed E-state index contributed by atoms with van der Waals surface area (Å²) >= 11 is 0. The summed E-state index contributed by atoms with van der Waals surface area (Å²) < 4.78 is 8.17. The van der Waals surface area contributed by atoms with Crippen LogP contribution in [0, 0.1) is 0 Å². The van der Waals surface area contributed by atoms with Gasteiger partial charge >= 0.3 is 0 Å². The van der Waals surface area contributed by atoms with Gasteiger partial charge in [-0.3, -0.25) is 4.90 Å². The number of benzene rings is 3. The van der Waals surface area contributed by atoms with Gasteiger partial charge in [0, 0.05) is 31.7 Å². The summed E-state index contributed by atoms with van der Waals surface area (Å²) in [5, 5.41) is 15.9. The lowest BCUT2D eigenvalue weighted by Gasteiger charge is -2.31. The van der Waals surface area contributed by atoms with Gasteiger partial charge in [0.2, 0.25) is 5.88 Å². The molecule has 176 valence electrons. The van der Waals surface area contributed by atoms with Crippen molar-refractivity contribution in [2.45, 2.75) is 39.0 Å². The Morgan fingerprint density at radius 2 is 1.50 bits per heavy atom. The van der Waals surface area contributed by atoms with Crippen LogP contribution in [0.25, 0.3) is 11.3 Å². The highest BCUT2D eigenvalue weighted by molar-refractivity contribution is 5.65. The van der Waals surface area contributed by atoms with Gasteiger partial charge in [-0.15, -0.1) is 0 Å². The molecule has 1 N–H and O–H groups in total. The van der Waals surface area contributed by atoms with Crippen molar-refractivity contribution in [3.05, 3.63) is 102 Å². The van der Waals surface area contributed by atoms with Crippen LogP contribution in [0.2, 0.25) is 0 Å². The molecular formula is C29H33N3O2. The molecule has 4 rings (SSSR count). The molecule has 0 saturated heterocycles. The SMILES string of the molecule is CC[C@@H](C)N(Cc1c(-c2ccccc2)nn(C)c1Oc1ccccc1)C[C@H](O)c1ccccc1. The number of hydrogen-bond acceptors (Lipinski definition) is 4. The van der Waals surface area contributed by atoms with E-state index in [0.717, 1.165) is 34.6 Å². The van der Waals surface area contributed by atoms with Crippen LogP contribution in [0.15, 0.2) is 91.0 Å². The minimum Gasteiger partial charge on any atom is -0.439 e. The molecule has 2 atom stereocenters. The fourth-order valence-electron chi connectivity index (χ4n) is 4.12. The Morgan fingerprint density at radius 1 is 0.912 bits per heavy atom. The van der Waals surface area contributed by atoms with E-state index in [0.29, 0.717) is 19.0 Å². The highest BCUT2D eigenvalue weighted by Crippen LogP contribution is 2.35. The van der Waals surface area contributed by atoms with Gasteiger partial charge in [-0.05, 0) is 31.0 Å². The van der Waals surface area contributed by atoms with E-state index in [1.165, 1.54) is 0 Å². The minimum absolute atomic E-state index is 0.270. The second-order valence-electron chi connectivity index (χ2n) is 8.65. The Morgan fingerprint density at radius 3 is 2.12 bits per heavy atom. The van der Waals surface area contributed by atoms with Crippen LogP contribution in [0.5, 0.6) is 11.6 Å². The first-order chi connectivity index (χ1) is 16.6. The van der Waals surface area contributed by atoms with Gasteiger partial charge in [0.05, 0.1) is 11.7 Å². The van der Waals surface area contributed by atoms with Crippen LogP contribution >= 0.6 is 0 Å². The lowest BCUT2D eigenvalue weighted by atomic mass is 10.0. The first-order valence-corrected chi connectivity index (χ1v) is 11.9. The summed E-state index contributed by atoms with van der Waals surface area (Å²) in [6.07, 6.45) is 0.391. The molecule has 0 spiro atoms. The molecule has 0 aliphatic carbocycles. The number of rotatable bonds is 10. The van der Waals surface area contributed by atoms with Crippen molar-refractivity contribution in [3.8, 4) is 22.9 Å². The van der Waals surface area contributed by atoms with Crippen molar-refractivity contribution in [2.75, 3.05) is 6.54 Å². The third kappa shape index (κ3) is 5.56. The van der Waals surface area contributed by atoms with Crippen molar-refractivity contribution < 1.29 is 9.84 Å². The molecule has 5 heteroatoms. The van der Waals surface area contributed by atoms with Crippen molar-refractivity contribution >= 4 is 0 Å². The smallest absolute Gasteiger partial charge is 0.222 e. The van der Waals surface area contributed by atoms with Gasteiger partial charge in [-0.25, -0.2) is 4.68 Å². The Kier molecular flexibility index (Phi) is 7.78. The van der Waals surface area contributed by atoms with E-state index in [9.17, 15) is 5.11 Å². The third-order valence-corrected chi connectivity index (χ3v) is 6.26. The van der Waals surface area contributed by atoms with E-state index >= 15 is 0 Å². The molecule has 1 heterocycles. The van der Waals surface area contributed by atoms with Crippen LogP contribution < -0.4 is 4.74 Å². The number of nitrogens with zero attached hydrogens (tertiary/aromatic N) is 3. The van der Waals surface area contributed by atoms with Crippen molar-refractivity contribution in [2.24, 2.45) is 7.05 Å². The lowest BCUT2D eigenvalue weighted by molar-refractivity contribution is 0.0844. The molecular weight excluding hydrogens is 422 g/mol. The standard InChI is InChI=1S/C29H33N3O2/c1-4-22(2)32(21-27(33)23-14-8-5-9-15-23)20-26-28(24-16-10-6-11-17-24)30-31(3)29(26)34-25-18-12-7-13-19-25/h5-19,22,27,33H,4,20-21H2,1-3H3/t22-,27+/m1/s1. The van der Waals surface area contributed by atoms with E-state index in [1.807, 2.05) is 90.6 Å². The highest BCUT2D eigenvalue weighted by atomic mass is 16.5. The Bertz CT molecular complexity index is 1160. The third-order valence-electron chi connectivity index (χ3n) is 6.26. The molecule has 0 unspecified atom stereocenters. The Labute approximate surface area is 202 Å². The van der Waals surface area contributed by atoms with Crippen molar-refractivity contribution in [1.82, 2.24) is 14.7 Å². The average molecular weight is 456 g/mol. The van der Waals surface area contributed by atoms with Crippen molar-refractivity contribution in [1.29, 1.82) is 0 Å². The summed E-state index contributed by atoms with van der Waals surface area (Å²) in [6.45, 7) is 5.51. The Balaban J connectivity index is 1.71. The fourth-order valence-corrected chi connectivity index (χ4v) is 4.12. The lowest BCUT2D eigenvalue weighted by Crippen LogP contribution is -2.35. The summed E-state index contributed by atoms with van der Waals surface area (Å²) in [6, 6.07) is 30.1. The van der Waals surface area contributed by atoms with Gasteiger partial charge in [0.25, 0.3) is 0 Å². The molecule has 3 aromatic carbocycles. The number of hydrogen-bond donors (Lipinski definition) is 1. The molecule has 1 aromatic heterocycles. The first kappa shape index (κ1) is 23.7. The highest BCUT2D eigenvalue weighted by Gasteiger charge is 2.25. The van der Waals surface area contributed by atoms with Gasteiger partial charge in [0.1, 0.15) is 11.4 Å². The average Bonchev–Trinajstić information content (AvgIpc) is 3.19. The molecule has 34 heavy (non-hydrogen) atoms. The molecule has 0 saturated carbocycles. The van der Waals surface area contributed by atoms with Crippen molar-refractivity contribution in [3.63, 3.8) is 0 Å². The number of aromatic nitrogens is 2. The topological polar surface area (TPSA) is 50.5 Å². The van der Waals surface area contributed by atoms with Crippen LogP contribution in [0.3, 0.4) is 0 Å². The number of aliphatic hydroxyl groups excluding tert-OH is 1. The molecule has 0 amide bonds. The first-order valence-electron chi connectivity index (χ1n) is 11.9. The zero-order chi connectivity index (χ0) is 23.9. The summed E-state index contributed by atoms with van der Waals surface area (Å²) in [5.74, 6) is 1.48. The van der Waals surface area contributed by atoms with Crippen LogP contribution in [0.4, 0.5) is 0 Å². The molecule has 0 aliphatic rings. The maximum absolute atomic E-state index is 11.0. The molecule has 0 bridgehead atoms. The van der Waals surface area contributed by atoms with E-state index in [2.05, 4.69) is 30.9 Å². The molecule has 0 aliphatic heterocycles. The van der Waals surface area contributed by atoms with Crippen LogP contribution in [0.1, 0.15) is 37.5 Å². The Hall–Kier alpha value is -3.41. The summed E-state index contributed by atoms with van der Waals surface area (Å²) in [5.41, 5.74) is 3.88. The summed E-state index contributed by atoms with van der Waals surface area (Å²) in [7, 11) is 1.92. The zero-order valence-corrected chi connectivity index (χ0v) is 20.1. The molecule has 0 radical (unpaired) electrons. The van der Waals surface area contributed by atoms with E-state index in [4.69, 9.17) is 9.84 Å². The number of aryl methyl sites for hydroxylation is 1. The minimum atomic E-state index is -0.578. The van der Waals surface area contributed by atoms with Crippen LogP contribution in [-0.2, 0) is 13.6 Å². The number of ether oxygens (including phenoxy) is 1. The van der Waals surface area contributed by atoms with E-state index in [-0.39, 0.29) is 6.04 Å². The van der Waals surface area contributed by atoms with Gasteiger partial charge in [0.15, 0.2) is 0 Å². The largest absolute Gasteiger partial charge is 0.439 e. The van der Waals surface area contributed by atoms with Gasteiger partial charge in [-0.1, -0.05) is 85.8 Å². The maximum Gasteiger partial charge on any atom is 0.222 e. The quantitative estimate of drug-likeness (QED) is 0.309. The monoisotopic (exact) mass is 455 g/mol. The normalized spacial score (nSPS) is 13.1. The zero-order valence-electron chi connectivity index (χ0n) is 20.1. The van der Waals surface area contributed by atoms with Crippen LogP contribution in [-0.4, -0.2) is 32.4 Å². The summed E-state index contributed by atoms with van der Waals surface area (Å²) in [4.78, 5) is 2.32. The van der Waals surface area contributed by atoms with Gasteiger partial charge < -0.3 is 9.84 Å².